The number of carbonyl (C=O) groups is 2. The second-order valence-corrected chi connectivity index (χ2v) is 4.63. The molecule has 0 aliphatic heterocycles. The van der Waals surface area contributed by atoms with Crippen LogP contribution in [0.1, 0.15) is 13.8 Å². The van der Waals surface area contributed by atoms with Crippen molar-refractivity contribution in [2.45, 2.75) is 13.8 Å². The number of hydrogen-bond acceptors (Lipinski definition) is 6. The van der Waals surface area contributed by atoms with Gasteiger partial charge in [0.1, 0.15) is 13.2 Å². The Kier molecular flexibility index (Phi) is 13.7. The van der Waals surface area contributed by atoms with E-state index in [4.69, 9.17) is 4.74 Å². The maximum Gasteiger partial charge on any atom is 0.333 e. The van der Waals surface area contributed by atoms with E-state index in [1.807, 2.05) is 19.0 Å². The molecule has 0 N–H and O–H groups in total. The largest absolute Gasteiger partial charge is 0.461 e. The van der Waals surface area contributed by atoms with E-state index >= 15 is 0 Å². The van der Waals surface area contributed by atoms with Crippen molar-refractivity contribution in [1.82, 2.24) is 4.90 Å². The molecular weight excluding hydrogens is 274 g/mol. The summed E-state index contributed by atoms with van der Waals surface area (Å²) in [5, 5.41) is 0. The first-order valence-corrected chi connectivity index (χ1v) is 6.51. The van der Waals surface area contributed by atoms with Crippen LogP contribution in [0.5, 0.6) is 0 Å². The van der Waals surface area contributed by atoms with Gasteiger partial charge in [-0.15, -0.1) is 0 Å². The van der Waals surface area contributed by atoms with Crippen molar-refractivity contribution >= 4 is 11.9 Å². The minimum Gasteiger partial charge on any atom is -0.461 e. The molecule has 122 valence electrons. The second-order valence-electron chi connectivity index (χ2n) is 4.63. The lowest BCUT2D eigenvalue weighted by Gasteiger charge is -2.09. The second kappa shape index (κ2) is 13.3. The summed E-state index contributed by atoms with van der Waals surface area (Å²) in [4.78, 5) is 23.4. The Morgan fingerprint density at radius 3 is 1.67 bits per heavy atom. The smallest absolute Gasteiger partial charge is 0.333 e. The molecule has 0 spiro atoms. The van der Waals surface area contributed by atoms with Crippen molar-refractivity contribution < 1.29 is 23.8 Å². The van der Waals surface area contributed by atoms with Gasteiger partial charge in [0.25, 0.3) is 0 Å². The van der Waals surface area contributed by atoms with Crippen LogP contribution in [0.4, 0.5) is 0 Å². The van der Waals surface area contributed by atoms with Gasteiger partial charge >= 0.3 is 11.9 Å². The Morgan fingerprint density at radius 2 is 1.33 bits per heavy atom. The lowest BCUT2D eigenvalue weighted by Crippen LogP contribution is -2.20. The number of hydrogen-bond donors (Lipinski definition) is 0. The molecule has 0 rings (SSSR count). The lowest BCUT2D eigenvalue weighted by atomic mass is 10.4. The normalized spacial score (nSPS) is 9.43. The summed E-state index contributed by atoms with van der Waals surface area (Å²) in [6.45, 7) is 12.0. The van der Waals surface area contributed by atoms with Gasteiger partial charge in [0, 0.05) is 24.8 Å². The minimum atomic E-state index is -0.364. The van der Waals surface area contributed by atoms with Gasteiger partial charge in [-0.2, -0.15) is 0 Å². The molecule has 0 aliphatic rings. The summed E-state index contributed by atoms with van der Waals surface area (Å²) >= 11 is 0. The number of methoxy groups -OCH3 is 1. The van der Waals surface area contributed by atoms with Crippen molar-refractivity contribution in [2.75, 3.05) is 47.6 Å². The molecular formula is C15H27NO5. The first-order valence-electron chi connectivity index (χ1n) is 6.51. The molecule has 0 radical (unpaired) electrons. The maximum atomic E-state index is 10.8. The summed E-state index contributed by atoms with van der Waals surface area (Å²) in [7, 11) is 5.40. The van der Waals surface area contributed by atoms with Crippen LogP contribution < -0.4 is 0 Å². The van der Waals surface area contributed by atoms with Gasteiger partial charge in [0.05, 0.1) is 6.61 Å². The van der Waals surface area contributed by atoms with Crippen LogP contribution in [0.25, 0.3) is 0 Å². The van der Waals surface area contributed by atoms with E-state index in [9.17, 15) is 9.59 Å². The molecule has 0 aromatic carbocycles. The van der Waals surface area contributed by atoms with E-state index in [-0.39, 0.29) is 11.9 Å². The van der Waals surface area contributed by atoms with Gasteiger partial charge in [-0.3, -0.25) is 0 Å². The van der Waals surface area contributed by atoms with Gasteiger partial charge in [0.2, 0.25) is 0 Å². The monoisotopic (exact) mass is 301 g/mol. The van der Waals surface area contributed by atoms with Gasteiger partial charge < -0.3 is 19.1 Å². The Balaban J connectivity index is 0. The average molecular weight is 301 g/mol. The Bertz CT molecular complexity index is 350. The fraction of sp³-hybridized carbons (Fsp3) is 0.600. The van der Waals surface area contributed by atoms with E-state index in [1.165, 1.54) is 0 Å². The van der Waals surface area contributed by atoms with Crippen LogP contribution in [-0.2, 0) is 23.8 Å². The van der Waals surface area contributed by atoms with Gasteiger partial charge in [-0.25, -0.2) is 9.59 Å². The number of rotatable bonds is 8. The molecule has 0 saturated heterocycles. The number of nitrogens with zero attached hydrogens (tertiary/aromatic N) is 1. The molecule has 0 aromatic rings. The summed E-state index contributed by atoms with van der Waals surface area (Å²) < 4.78 is 14.2. The lowest BCUT2D eigenvalue weighted by molar-refractivity contribution is -0.140. The van der Waals surface area contributed by atoms with Crippen LogP contribution in [0, 0.1) is 0 Å². The zero-order chi connectivity index (χ0) is 16.8. The molecule has 0 aromatic heterocycles. The zero-order valence-electron chi connectivity index (χ0n) is 13.7. The van der Waals surface area contributed by atoms with E-state index in [0.29, 0.717) is 31.0 Å². The van der Waals surface area contributed by atoms with Crippen LogP contribution in [0.3, 0.4) is 0 Å². The molecule has 0 aliphatic carbocycles. The maximum absolute atomic E-state index is 10.8. The summed E-state index contributed by atoms with van der Waals surface area (Å²) in [5.41, 5.74) is 0.861. The molecule has 21 heavy (non-hydrogen) atoms. The van der Waals surface area contributed by atoms with Gasteiger partial charge in [-0.1, -0.05) is 13.2 Å². The van der Waals surface area contributed by atoms with Crippen LogP contribution in [0.15, 0.2) is 24.3 Å². The summed E-state index contributed by atoms with van der Waals surface area (Å²) in [5.74, 6) is -0.677. The third-order valence-electron chi connectivity index (χ3n) is 1.99. The van der Waals surface area contributed by atoms with E-state index in [0.717, 1.165) is 6.54 Å². The molecule has 6 nitrogen and oxygen atoms in total. The molecule has 0 saturated carbocycles. The van der Waals surface area contributed by atoms with Crippen molar-refractivity contribution in [3.63, 3.8) is 0 Å². The van der Waals surface area contributed by atoms with Crippen LogP contribution >= 0.6 is 0 Å². The fourth-order valence-electron chi connectivity index (χ4n) is 0.785. The number of likely N-dealkylation sites (N-methyl/N-ethyl adjacent to an activating group) is 1. The highest BCUT2D eigenvalue weighted by Gasteiger charge is 2.02. The molecule has 0 atom stereocenters. The van der Waals surface area contributed by atoms with E-state index < -0.39 is 0 Å². The molecule has 0 fully saturated rings. The highest BCUT2D eigenvalue weighted by Crippen LogP contribution is 1.91. The fourth-order valence-corrected chi connectivity index (χ4v) is 0.785. The van der Waals surface area contributed by atoms with Crippen molar-refractivity contribution in [2.24, 2.45) is 0 Å². The highest BCUT2D eigenvalue weighted by molar-refractivity contribution is 5.87. The predicted molar refractivity (Wildman–Crippen MR) is 82.0 cm³/mol. The first-order chi connectivity index (χ1) is 9.72. The molecule has 0 unspecified atom stereocenters. The average Bonchev–Trinajstić information content (AvgIpc) is 2.38. The Morgan fingerprint density at radius 1 is 0.905 bits per heavy atom. The topological polar surface area (TPSA) is 65.1 Å². The quantitative estimate of drug-likeness (QED) is 0.384. The number of carbonyl (C=O) groups excluding carboxylic acids is 2. The third kappa shape index (κ3) is 16.3. The zero-order valence-corrected chi connectivity index (χ0v) is 13.7. The first kappa shape index (κ1) is 21.6. The number of ether oxygens (including phenoxy) is 3. The third-order valence-corrected chi connectivity index (χ3v) is 1.99. The van der Waals surface area contributed by atoms with Gasteiger partial charge in [-0.05, 0) is 27.9 Å². The summed E-state index contributed by atoms with van der Waals surface area (Å²) in [6, 6.07) is 0. The SMILES string of the molecule is C=C(C)C(=O)OCCN(C)C.C=C(C)C(=O)OCCOC. The predicted octanol–water partition coefficient (Wildman–Crippen LogP) is 1.42. The molecule has 0 amide bonds. The minimum absolute atomic E-state index is 0.294. The van der Waals surface area contributed by atoms with Crippen LogP contribution in [0.2, 0.25) is 0 Å². The van der Waals surface area contributed by atoms with Crippen molar-refractivity contribution in [1.29, 1.82) is 0 Å². The molecule has 0 bridgehead atoms. The van der Waals surface area contributed by atoms with E-state index in [1.54, 1.807) is 21.0 Å². The Hall–Kier alpha value is -1.66. The van der Waals surface area contributed by atoms with Crippen molar-refractivity contribution in [3.8, 4) is 0 Å². The van der Waals surface area contributed by atoms with Crippen LogP contribution in [-0.4, -0.2) is 64.4 Å². The van der Waals surface area contributed by atoms with E-state index in [2.05, 4.69) is 22.6 Å². The molecule has 0 heterocycles. The standard InChI is InChI=1S/C8H15NO2.C7H12O3/c1-7(2)8(10)11-6-5-9(3)4;1-6(2)7(8)10-5-4-9-3/h1,5-6H2,2-4H3;1,4-5H2,2-3H3. The Labute approximate surface area is 127 Å². The van der Waals surface area contributed by atoms with Crippen molar-refractivity contribution in [3.05, 3.63) is 24.3 Å². The highest BCUT2D eigenvalue weighted by atomic mass is 16.6. The number of esters is 2. The molecule has 6 heteroatoms. The summed E-state index contributed by atoms with van der Waals surface area (Å²) in [6.07, 6.45) is 0. The van der Waals surface area contributed by atoms with Gasteiger partial charge in [0.15, 0.2) is 0 Å².